The standard InChI is InChI=1S/C33H40ClN3O5S/c1-24-18-19-31(42-2)29(20-24)37(43(3,40)41)23-32(38)36(22-26-14-10-11-17-28(26)34)30(21-25-12-6-4-7-13-25)33(39)35-27-15-8-5-9-16-27/h4,6-7,10-14,17-20,27,30H,5,8-9,15-16,21-23H2,1-3H3,(H,35,39)/t30-/m1/s1. The van der Waals surface area contributed by atoms with Crippen molar-refractivity contribution >= 4 is 39.1 Å². The number of amides is 2. The highest BCUT2D eigenvalue weighted by atomic mass is 35.5. The number of nitrogens with one attached hydrogen (secondary N) is 1. The van der Waals surface area contributed by atoms with Crippen molar-refractivity contribution in [3.8, 4) is 5.75 Å². The van der Waals surface area contributed by atoms with E-state index in [-0.39, 0.29) is 30.6 Å². The molecule has 1 saturated carbocycles. The fourth-order valence-electron chi connectivity index (χ4n) is 5.50. The van der Waals surface area contributed by atoms with Gasteiger partial charge in [0, 0.05) is 24.0 Å². The van der Waals surface area contributed by atoms with E-state index in [0.717, 1.165) is 53.8 Å². The van der Waals surface area contributed by atoms with Crippen LogP contribution in [0.1, 0.15) is 48.8 Å². The molecule has 1 aliphatic rings. The molecule has 43 heavy (non-hydrogen) atoms. The average Bonchev–Trinajstić information content (AvgIpc) is 2.99. The Balaban J connectivity index is 1.76. The predicted octanol–water partition coefficient (Wildman–Crippen LogP) is 5.51. The maximum Gasteiger partial charge on any atom is 0.244 e. The van der Waals surface area contributed by atoms with E-state index in [9.17, 15) is 18.0 Å². The van der Waals surface area contributed by atoms with Crippen molar-refractivity contribution in [1.29, 1.82) is 0 Å². The first-order chi connectivity index (χ1) is 20.6. The van der Waals surface area contributed by atoms with Crippen LogP contribution in [0.2, 0.25) is 5.02 Å². The van der Waals surface area contributed by atoms with Crippen LogP contribution in [0.15, 0.2) is 72.8 Å². The Hall–Kier alpha value is -3.56. The molecule has 10 heteroatoms. The molecule has 0 heterocycles. The Morgan fingerprint density at radius 3 is 2.33 bits per heavy atom. The van der Waals surface area contributed by atoms with Crippen LogP contribution in [0.4, 0.5) is 5.69 Å². The van der Waals surface area contributed by atoms with Crippen molar-refractivity contribution < 1.29 is 22.7 Å². The Morgan fingerprint density at radius 1 is 1.00 bits per heavy atom. The summed E-state index contributed by atoms with van der Waals surface area (Å²) in [6.45, 7) is 1.34. The zero-order chi connectivity index (χ0) is 31.0. The average molecular weight is 626 g/mol. The van der Waals surface area contributed by atoms with Gasteiger partial charge in [0.15, 0.2) is 0 Å². The van der Waals surface area contributed by atoms with Gasteiger partial charge in [0.25, 0.3) is 0 Å². The van der Waals surface area contributed by atoms with Crippen molar-refractivity contribution in [3.05, 3.63) is 94.5 Å². The number of hydrogen-bond donors (Lipinski definition) is 1. The first-order valence-corrected chi connectivity index (χ1v) is 16.8. The van der Waals surface area contributed by atoms with E-state index in [0.29, 0.717) is 16.3 Å². The summed E-state index contributed by atoms with van der Waals surface area (Å²) in [5.41, 5.74) is 2.59. The molecule has 0 aliphatic heterocycles. The molecule has 3 aromatic rings. The maximum atomic E-state index is 14.4. The summed E-state index contributed by atoms with van der Waals surface area (Å²) in [7, 11) is -2.48. The van der Waals surface area contributed by atoms with Gasteiger partial charge in [-0.2, -0.15) is 0 Å². The number of hydrogen-bond acceptors (Lipinski definition) is 5. The lowest BCUT2D eigenvalue weighted by atomic mass is 9.94. The summed E-state index contributed by atoms with van der Waals surface area (Å²) >= 11 is 6.54. The normalized spacial score (nSPS) is 14.5. The number of rotatable bonds is 12. The summed E-state index contributed by atoms with van der Waals surface area (Å²) in [5, 5.41) is 3.65. The molecule has 1 fully saturated rings. The topological polar surface area (TPSA) is 96.0 Å². The Labute approximate surface area is 260 Å². The second-order valence-corrected chi connectivity index (χ2v) is 13.4. The lowest BCUT2D eigenvalue weighted by Crippen LogP contribution is -2.55. The van der Waals surface area contributed by atoms with Gasteiger partial charge >= 0.3 is 0 Å². The van der Waals surface area contributed by atoms with E-state index in [4.69, 9.17) is 16.3 Å². The molecular formula is C33H40ClN3O5S. The van der Waals surface area contributed by atoms with E-state index in [1.54, 1.807) is 36.4 Å². The van der Waals surface area contributed by atoms with E-state index in [1.807, 2.05) is 43.3 Å². The molecular weight excluding hydrogens is 586 g/mol. The second kappa shape index (κ2) is 14.8. The molecule has 0 unspecified atom stereocenters. The Morgan fingerprint density at radius 2 is 1.67 bits per heavy atom. The number of nitrogens with zero attached hydrogens (tertiary/aromatic N) is 2. The molecule has 1 atom stereocenters. The zero-order valence-corrected chi connectivity index (χ0v) is 26.5. The third-order valence-electron chi connectivity index (χ3n) is 7.80. The molecule has 1 aliphatic carbocycles. The molecule has 0 spiro atoms. The minimum absolute atomic E-state index is 0.0245. The van der Waals surface area contributed by atoms with Gasteiger partial charge < -0.3 is 15.0 Å². The summed E-state index contributed by atoms with van der Waals surface area (Å²) in [5.74, 6) is -0.485. The van der Waals surface area contributed by atoms with Gasteiger partial charge in [0.1, 0.15) is 18.3 Å². The number of anilines is 1. The van der Waals surface area contributed by atoms with Crippen molar-refractivity contribution in [2.75, 3.05) is 24.2 Å². The SMILES string of the molecule is COc1ccc(C)cc1N(CC(=O)N(Cc1ccccc1Cl)[C@H](Cc1ccccc1)C(=O)NC1CCCCC1)S(C)(=O)=O. The first-order valence-electron chi connectivity index (χ1n) is 14.6. The molecule has 230 valence electrons. The molecule has 4 rings (SSSR count). The fraction of sp³-hybridized carbons (Fsp3) is 0.394. The first kappa shape index (κ1) is 32.4. The van der Waals surface area contributed by atoms with Crippen LogP contribution in [0.25, 0.3) is 0 Å². The highest BCUT2D eigenvalue weighted by molar-refractivity contribution is 7.92. The summed E-state index contributed by atoms with van der Waals surface area (Å²) in [4.78, 5) is 29.9. The molecule has 1 N–H and O–H groups in total. The molecule has 0 saturated heterocycles. The van der Waals surface area contributed by atoms with Crippen LogP contribution in [-0.4, -0.2) is 57.1 Å². The van der Waals surface area contributed by atoms with Crippen molar-refractivity contribution in [3.63, 3.8) is 0 Å². The number of methoxy groups -OCH3 is 1. The quantitative estimate of drug-likeness (QED) is 0.286. The highest BCUT2D eigenvalue weighted by Gasteiger charge is 2.35. The van der Waals surface area contributed by atoms with Crippen LogP contribution in [0, 0.1) is 6.92 Å². The maximum absolute atomic E-state index is 14.4. The van der Waals surface area contributed by atoms with Crippen molar-refractivity contribution in [1.82, 2.24) is 10.2 Å². The third kappa shape index (κ3) is 8.74. The number of benzene rings is 3. The number of sulfonamides is 1. The summed E-state index contributed by atoms with van der Waals surface area (Å²) in [6, 6.07) is 20.9. The number of ether oxygens (including phenoxy) is 1. The number of carbonyl (C=O) groups is 2. The molecule has 0 bridgehead atoms. The van der Waals surface area contributed by atoms with E-state index in [1.165, 1.54) is 12.0 Å². The monoisotopic (exact) mass is 625 g/mol. The Bertz CT molecular complexity index is 1510. The molecule has 2 amide bonds. The molecule has 8 nitrogen and oxygen atoms in total. The Kier molecular flexibility index (Phi) is 11.1. The largest absolute Gasteiger partial charge is 0.495 e. The van der Waals surface area contributed by atoms with Crippen molar-refractivity contribution in [2.24, 2.45) is 0 Å². The minimum atomic E-state index is -3.93. The van der Waals surface area contributed by atoms with Crippen molar-refractivity contribution in [2.45, 2.75) is 64.1 Å². The summed E-state index contributed by atoms with van der Waals surface area (Å²) in [6.07, 6.45) is 6.30. The van der Waals surface area contributed by atoms with Crippen LogP contribution in [-0.2, 0) is 32.6 Å². The zero-order valence-electron chi connectivity index (χ0n) is 25.0. The number of halogens is 1. The van der Waals surface area contributed by atoms with E-state index in [2.05, 4.69) is 5.32 Å². The lowest BCUT2D eigenvalue weighted by molar-refractivity contribution is -0.140. The number of aryl methyl sites for hydroxylation is 1. The van der Waals surface area contributed by atoms with Gasteiger partial charge in [-0.1, -0.05) is 85.5 Å². The van der Waals surface area contributed by atoms with Gasteiger partial charge in [0.05, 0.1) is 19.1 Å². The second-order valence-electron chi connectivity index (χ2n) is 11.1. The number of carbonyl (C=O) groups excluding carboxylic acids is 2. The van der Waals surface area contributed by atoms with Gasteiger partial charge in [-0.05, 0) is 54.7 Å². The minimum Gasteiger partial charge on any atom is -0.495 e. The van der Waals surface area contributed by atoms with Crippen LogP contribution >= 0.6 is 11.6 Å². The fourth-order valence-corrected chi connectivity index (χ4v) is 6.54. The highest BCUT2D eigenvalue weighted by Crippen LogP contribution is 2.31. The van der Waals surface area contributed by atoms with E-state index < -0.39 is 28.5 Å². The van der Waals surface area contributed by atoms with Gasteiger partial charge in [0.2, 0.25) is 21.8 Å². The lowest BCUT2D eigenvalue weighted by Gasteiger charge is -2.35. The molecule has 3 aromatic carbocycles. The molecule has 0 radical (unpaired) electrons. The van der Waals surface area contributed by atoms with Gasteiger partial charge in [-0.15, -0.1) is 0 Å². The van der Waals surface area contributed by atoms with Gasteiger partial charge in [-0.25, -0.2) is 8.42 Å². The third-order valence-corrected chi connectivity index (χ3v) is 9.30. The van der Waals surface area contributed by atoms with Crippen LogP contribution < -0.4 is 14.4 Å². The van der Waals surface area contributed by atoms with Crippen LogP contribution in [0.5, 0.6) is 5.75 Å². The van der Waals surface area contributed by atoms with Crippen LogP contribution in [0.3, 0.4) is 0 Å². The molecule has 0 aromatic heterocycles. The predicted molar refractivity (Wildman–Crippen MR) is 171 cm³/mol. The summed E-state index contributed by atoms with van der Waals surface area (Å²) < 4.78 is 32.8. The van der Waals surface area contributed by atoms with E-state index >= 15 is 0 Å². The smallest absolute Gasteiger partial charge is 0.244 e. The van der Waals surface area contributed by atoms with Gasteiger partial charge in [-0.3, -0.25) is 13.9 Å².